The average molecular weight is 292 g/mol. The Bertz CT molecular complexity index is 408. The van der Waals surface area contributed by atoms with Crippen molar-refractivity contribution in [1.29, 1.82) is 0 Å². The fraction of sp³-hybridized carbons (Fsp3) is 0.812. The summed E-state index contributed by atoms with van der Waals surface area (Å²) in [5.74, 6) is 0. The zero-order valence-corrected chi connectivity index (χ0v) is 13.0. The predicted molar refractivity (Wildman–Crippen MR) is 83.3 cm³/mol. The Morgan fingerprint density at radius 3 is 2.86 bits per heavy atom. The van der Waals surface area contributed by atoms with Crippen LogP contribution >= 0.6 is 0 Å². The molecule has 3 rings (SSSR count). The van der Waals surface area contributed by atoms with E-state index in [1.54, 1.807) is 0 Å². The van der Waals surface area contributed by atoms with Crippen LogP contribution in [0.4, 0.5) is 0 Å². The van der Waals surface area contributed by atoms with Gasteiger partial charge in [0.05, 0.1) is 25.5 Å². The Hall–Kier alpha value is -0.910. The van der Waals surface area contributed by atoms with Gasteiger partial charge >= 0.3 is 0 Å². The van der Waals surface area contributed by atoms with Crippen molar-refractivity contribution in [3.8, 4) is 0 Å². The molecule has 2 fully saturated rings. The van der Waals surface area contributed by atoms with Gasteiger partial charge in [-0.2, -0.15) is 5.10 Å². The highest BCUT2D eigenvalue weighted by atomic mass is 16.5. The van der Waals surface area contributed by atoms with Gasteiger partial charge in [-0.1, -0.05) is 12.8 Å². The van der Waals surface area contributed by atoms with Crippen LogP contribution in [-0.2, 0) is 11.3 Å². The molecule has 1 saturated heterocycles. The van der Waals surface area contributed by atoms with Crippen LogP contribution in [0.15, 0.2) is 12.4 Å². The van der Waals surface area contributed by atoms with Gasteiger partial charge in [0.2, 0.25) is 0 Å². The highest BCUT2D eigenvalue weighted by Gasteiger charge is 2.17. The van der Waals surface area contributed by atoms with Crippen molar-refractivity contribution in [3.05, 3.63) is 18.0 Å². The Morgan fingerprint density at radius 2 is 2.05 bits per heavy atom. The molecule has 1 aromatic heterocycles. The van der Waals surface area contributed by atoms with E-state index in [1.807, 2.05) is 6.20 Å². The molecule has 5 heteroatoms. The van der Waals surface area contributed by atoms with Crippen molar-refractivity contribution in [1.82, 2.24) is 20.0 Å². The topological polar surface area (TPSA) is 42.3 Å². The van der Waals surface area contributed by atoms with Crippen LogP contribution in [0.25, 0.3) is 0 Å². The van der Waals surface area contributed by atoms with Gasteiger partial charge in [-0.25, -0.2) is 0 Å². The Balaban J connectivity index is 1.30. The number of nitrogens with one attached hydrogen (secondary N) is 1. The Labute approximate surface area is 127 Å². The van der Waals surface area contributed by atoms with Crippen molar-refractivity contribution in [2.24, 2.45) is 0 Å². The van der Waals surface area contributed by atoms with Crippen molar-refractivity contribution in [2.45, 2.75) is 44.7 Å². The molecule has 0 bridgehead atoms. The van der Waals surface area contributed by atoms with Gasteiger partial charge < -0.3 is 10.1 Å². The molecule has 118 valence electrons. The monoisotopic (exact) mass is 292 g/mol. The second-order valence-corrected chi connectivity index (χ2v) is 6.25. The smallest absolute Gasteiger partial charge is 0.0594 e. The average Bonchev–Trinajstić information content (AvgIpc) is 3.19. The van der Waals surface area contributed by atoms with E-state index in [2.05, 4.69) is 26.2 Å². The van der Waals surface area contributed by atoms with Crippen LogP contribution in [-0.4, -0.2) is 54.1 Å². The number of morpholine rings is 1. The molecule has 0 radical (unpaired) electrons. The summed E-state index contributed by atoms with van der Waals surface area (Å²) in [6.45, 7) is 7.17. The number of nitrogens with zero attached hydrogens (tertiary/aromatic N) is 3. The number of ether oxygens (including phenoxy) is 1. The lowest BCUT2D eigenvalue weighted by molar-refractivity contribution is 0.0374. The van der Waals surface area contributed by atoms with Gasteiger partial charge in [-0.05, 0) is 32.4 Å². The van der Waals surface area contributed by atoms with Crippen molar-refractivity contribution >= 4 is 0 Å². The molecule has 0 amide bonds. The third-order valence-corrected chi connectivity index (χ3v) is 4.61. The van der Waals surface area contributed by atoms with Crippen LogP contribution in [0.3, 0.4) is 0 Å². The van der Waals surface area contributed by atoms with E-state index in [0.717, 1.165) is 39.4 Å². The molecule has 2 heterocycles. The quantitative estimate of drug-likeness (QED) is 0.778. The summed E-state index contributed by atoms with van der Waals surface area (Å²) in [6, 6.07) is 0.653. The first kappa shape index (κ1) is 15.0. The van der Waals surface area contributed by atoms with Crippen molar-refractivity contribution in [3.63, 3.8) is 0 Å². The van der Waals surface area contributed by atoms with Gasteiger partial charge in [0.1, 0.15) is 0 Å². The highest BCUT2D eigenvalue weighted by molar-refractivity contribution is 5.04. The van der Waals surface area contributed by atoms with Crippen molar-refractivity contribution in [2.75, 3.05) is 39.4 Å². The zero-order chi connectivity index (χ0) is 14.3. The Morgan fingerprint density at radius 1 is 1.24 bits per heavy atom. The second kappa shape index (κ2) is 7.92. The third-order valence-electron chi connectivity index (χ3n) is 4.61. The van der Waals surface area contributed by atoms with Gasteiger partial charge in [-0.3, -0.25) is 9.58 Å². The summed E-state index contributed by atoms with van der Waals surface area (Å²) in [4.78, 5) is 2.49. The molecular weight excluding hydrogens is 264 g/mol. The molecule has 1 N–H and O–H groups in total. The first-order valence-electron chi connectivity index (χ1n) is 8.46. The fourth-order valence-electron chi connectivity index (χ4n) is 3.32. The van der Waals surface area contributed by atoms with E-state index >= 15 is 0 Å². The first-order valence-corrected chi connectivity index (χ1v) is 8.46. The van der Waals surface area contributed by atoms with Crippen LogP contribution in [0.1, 0.15) is 43.7 Å². The van der Waals surface area contributed by atoms with E-state index in [9.17, 15) is 0 Å². The van der Waals surface area contributed by atoms with Crippen LogP contribution < -0.4 is 5.32 Å². The van der Waals surface area contributed by atoms with Gasteiger partial charge in [0, 0.05) is 31.4 Å². The fourth-order valence-corrected chi connectivity index (χ4v) is 3.32. The number of rotatable bonds is 7. The van der Waals surface area contributed by atoms with Crippen molar-refractivity contribution < 1.29 is 4.74 Å². The van der Waals surface area contributed by atoms with Gasteiger partial charge in [0.15, 0.2) is 0 Å². The second-order valence-electron chi connectivity index (χ2n) is 6.25. The van der Waals surface area contributed by atoms with Gasteiger partial charge in [-0.15, -0.1) is 0 Å². The standard InChI is InChI=1S/C16H28N4O/c1-2-5-16(4-1)20-14-15(13-18-20)12-17-6-3-7-19-8-10-21-11-9-19/h13-14,16-17H,1-12H2. The summed E-state index contributed by atoms with van der Waals surface area (Å²) in [5.41, 5.74) is 1.31. The summed E-state index contributed by atoms with van der Waals surface area (Å²) in [6.07, 6.45) is 10.8. The van der Waals surface area contributed by atoms with Crippen LogP contribution in [0.5, 0.6) is 0 Å². The maximum absolute atomic E-state index is 5.36. The van der Waals surface area contributed by atoms with E-state index in [1.165, 1.54) is 44.2 Å². The van der Waals surface area contributed by atoms with Crippen LogP contribution in [0.2, 0.25) is 0 Å². The predicted octanol–water partition coefficient (Wildman–Crippen LogP) is 1.81. The number of hydrogen-bond donors (Lipinski definition) is 1. The number of hydrogen-bond acceptors (Lipinski definition) is 4. The lowest BCUT2D eigenvalue weighted by atomic mass is 10.2. The molecule has 1 aromatic rings. The summed E-state index contributed by atoms with van der Waals surface area (Å²) in [7, 11) is 0. The third kappa shape index (κ3) is 4.53. The van der Waals surface area contributed by atoms with Crippen LogP contribution in [0, 0.1) is 0 Å². The molecule has 0 unspecified atom stereocenters. The minimum Gasteiger partial charge on any atom is -0.379 e. The SMILES string of the molecule is c1nn(C2CCCC2)cc1CNCCCN1CCOCC1. The van der Waals surface area contributed by atoms with E-state index in [4.69, 9.17) is 4.74 Å². The normalized spacial score (nSPS) is 21.1. The summed E-state index contributed by atoms with van der Waals surface area (Å²) >= 11 is 0. The molecule has 5 nitrogen and oxygen atoms in total. The molecule has 2 aliphatic rings. The molecule has 0 atom stereocenters. The van der Waals surface area contributed by atoms with E-state index in [-0.39, 0.29) is 0 Å². The van der Waals surface area contributed by atoms with E-state index < -0.39 is 0 Å². The first-order chi connectivity index (χ1) is 10.4. The molecular formula is C16H28N4O. The maximum atomic E-state index is 5.36. The molecule has 1 aliphatic heterocycles. The summed E-state index contributed by atoms with van der Waals surface area (Å²) < 4.78 is 7.54. The molecule has 0 aromatic carbocycles. The maximum Gasteiger partial charge on any atom is 0.0594 e. The Kier molecular flexibility index (Phi) is 5.66. The molecule has 0 spiro atoms. The molecule has 1 saturated carbocycles. The zero-order valence-electron chi connectivity index (χ0n) is 13.0. The minimum absolute atomic E-state index is 0.653. The lowest BCUT2D eigenvalue weighted by Gasteiger charge is -2.26. The largest absolute Gasteiger partial charge is 0.379 e. The summed E-state index contributed by atoms with van der Waals surface area (Å²) in [5, 5.41) is 8.06. The van der Waals surface area contributed by atoms with Gasteiger partial charge in [0.25, 0.3) is 0 Å². The highest BCUT2D eigenvalue weighted by Crippen LogP contribution is 2.28. The molecule has 1 aliphatic carbocycles. The minimum atomic E-state index is 0.653. The molecule has 21 heavy (non-hydrogen) atoms. The number of aromatic nitrogens is 2. The van der Waals surface area contributed by atoms with E-state index in [0.29, 0.717) is 6.04 Å². The lowest BCUT2D eigenvalue weighted by Crippen LogP contribution is -2.37.